The second-order valence-corrected chi connectivity index (χ2v) is 6.39. The Morgan fingerprint density at radius 3 is 2.95 bits per heavy atom. The summed E-state index contributed by atoms with van der Waals surface area (Å²) in [7, 11) is 0. The molecule has 2 atom stereocenters. The summed E-state index contributed by atoms with van der Waals surface area (Å²) >= 11 is 0. The second kappa shape index (κ2) is 7.17. The van der Waals surface area contributed by atoms with Crippen LogP contribution in [0.1, 0.15) is 45.4 Å². The number of rotatable bonds is 5. The average molecular weight is 288 g/mol. The Kier molecular flexibility index (Phi) is 5.02. The van der Waals surface area contributed by atoms with Gasteiger partial charge in [-0.25, -0.2) is 0 Å². The molecule has 0 bridgehead atoms. The molecule has 2 aliphatic rings. The lowest BCUT2D eigenvalue weighted by Crippen LogP contribution is -2.34. The van der Waals surface area contributed by atoms with E-state index in [0.717, 1.165) is 19.4 Å². The van der Waals surface area contributed by atoms with E-state index >= 15 is 0 Å². The van der Waals surface area contributed by atoms with Crippen LogP contribution in [0.25, 0.3) is 0 Å². The number of benzene rings is 1. The van der Waals surface area contributed by atoms with Crippen LogP contribution in [0.2, 0.25) is 0 Å². The van der Waals surface area contributed by atoms with E-state index in [0.29, 0.717) is 12.1 Å². The van der Waals surface area contributed by atoms with Crippen molar-refractivity contribution in [3.63, 3.8) is 0 Å². The normalized spacial score (nSPS) is 26.0. The van der Waals surface area contributed by atoms with E-state index in [1.807, 2.05) is 0 Å². The fourth-order valence-corrected chi connectivity index (χ4v) is 3.54. The van der Waals surface area contributed by atoms with E-state index in [4.69, 9.17) is 4.74 Å². The quantitative estimate of drug-likeness (QED) is 0.884. The number of hydrogen-bond donors (Lipinski definition) is 1. The van der Waals surface area contributed by atoms with Crippen LogP contribution in [0, 0.1) is 0 Å². The highest BCUT2D eigenvalue weighted by molar-refractivity contribution is 5.58. The van der Waals surface area contributed by atoms with Gasteiger partial charge in [-0.15, -0.1) is 0 Å². The van der Waals surface area contributed by atoms with E-state index in [2.05, 4.69) is 41.4 Å². The molecule has 2 heterocycles. The summed E-state index contributed by atoms with van der Waals surface area (Å²) in [4.78, 5) is 2.50. The van der Waals surface area contributed by atoms with Gasteiger partial charge in [-0.1, -0.05) is 19.4 Å². The SMILES string of the molecule is CCCC1CC(Nc2cccc(N3CCCC3)c2)CCO1. The first-order valence-corrected chi connectivity index (χ1v) is 8.58. The van der Waals surface area contributed by atoms with Crippen LogP contribution in [-0.2, 0) is 4.74 Å². The summed E-state index contributed by atoms with van der Waals surface area (Å²) in [5.74, 6) is 0. The summed E-state index contributed by atoms with van der Waals surface area (Å²) in [5.41, 5.74) is 2.64. The number of ether oxygens (including phenoxy) is 1. The average Bonchev–Trinajstić information content (AvgIpc) is 3.03. The highest BCUT2D eigenvalue weighted by Gasteiger charge is 2.22. The molecule has 21 heavy (non-hydrogen) atoms. The Balaban J connectivity index is 1.60. The second-order valence-electron chi connectivity index (χ2n) is 6.39. The van der Waals surface area contributed by atoms with Crippen LogP contribution < -0.4 is 10.2 Å². The first kappa shape index (κ1) is 14.7. The Hall–Kier alpha value is -1.22. The first-order valence-electron chi connectivity index (χ1n) is 8.58. The molecule has 0 radical (unpaired) electrons. The molecule has 3 heteroatoms. The van der Waals surface area contributed by atoms with Crippen molar-refractivity contribution in [3.05, 3.63) is 24.3 Å². The molecule has 0 saturated carbocycles. The molecule has 0 amide bonds. The fourth-order valence-electron chi connectivity index (χ4n) is 3.54. The maximum atomic E-state index is 5.84. The zero-order valence-electron chi connectivity index (χ0n) is 13.2. The summed E-state index contributed by atoms with van der Waals surface area (Å²) in [6, 6.07) is 9.49. The van der Waals surface area contributed by atoms with Gasteiger partial charge in [0.15, 0.2) is 0 Å². The molecule has 2 unspecified atom stereocenters. The number of nitrogens with one attached hydrogen (secondary N) is 1. The summed E-state index contributed by atoms with van der Waals surface area (Å²) in [6.07, 6.45) is 7.76. The van der Waals surface area contributed by atoms with Gasteiger partial charge in [0, 0.05) is 37.1 Å². The molecule has 3 nitrogen and oxygen atoms in total. The molecular formula is C18H28N2O. The van der Waals surface area contributed by atoms with E-state index in [1.165, 1.54) is 50.1 Å². The van der Waals surface area contributed by atoms with Crippen molar-refractivity contribution >= 4 is 11.4 Å². The van der Waals surface area contributed by atoms with Crippen LogP contribution in [0.15, 0.2) is 24.3 Å². The van der Waals surface area contributed by atoms with Crippen molar-refractivity contribution in [2.45, 2.75) is 57.6 Å². The molecule has 2 fully saturated rings. The Morgan fingerprint density at radius 2 is 2.14 bits per heavy atom. The van der Waals surface area contributed by atoms with Crippen molar-refractivity contribution in [1.29, 1.82) is 0 Å². The Labute approximate surface area is 128 Å². The number of hydrogen-bond acceptors (Lipinski definition) is 3. The molecule has 1 N–H and O–H groups in total. The molecule has 2 saturated heterocycles. The van der Waals surface area contributed by atoms with Crippen molar-refractivity contribution < 1.29 is 4.74 Å². The number of nitrogens with zero attached hydrogens (tertiary/aromatic N) is 1. The summed E-state index contributed by atoms with van der Waals surface area (Å²) in [5, 5.41) is 3.73. The van der Waals surface area contributed by atoms with Crippen molar-refractivity contribution in [1.82, 2.24) is 0 Å². The van der Waals surface area contributed by atoms with Crippen molar-refractivity contribution in [3.8, 4) is 0 Å². The van der Waals surface area contributed by atoms with E-state index in [-0.39, 0.29) is 0 Å². The lowest BCUT2D eigenvalue weighted by Gasteiger charge is -2.31. The van der Waals surface area contributed by atoms with Gasteiger partial charge in [0.05, 0.1) is 6.10 Å². The molecule has 3 rings (SSSR count). The van der Waals surface area contributed by atoms with Gasteiger partial charge < -0.3 is 15.0 Å². The minimum atomic E-state index is 0.447. The lowest BCUT2D eigenvalue weighted by atomic mass is 10.00. The van der Waals surface area contributed by atoms with Gasteiger partial charge in [0.25, 0.3) is 0 Å². The molecule has 0 aromatic heterocycles. The zero-order chi connectivity index (χ0) is 14.5. The van der Waals surface area contributed by atoms with Crippen LogP contribution in [0.5, 0.6) is 0 Å². The summed E-state index contributed by atoms with van der Waals surface area (Å²) < 4.78 is 5.84. The fraction of sp³-hybridized carbons (Fsp3) is 0.667. The molecule has 0 aliphatic carbocycles. The van der Waals surface area contributed by atoms with E-state index < -0.39 is 0 Å². The summed E-state index contributed by atoms with van der Waals surface area (Å²) in [6.45, 7) is 5.55. The van der Waals surface area contributed by atoms with Gasteiger partial charge in [-0.2, -0.15) is 0 Å². The predicted octanol–water partition coefficient (Wildman–Crippen LogP) is 4.05. The first-order chi connectivity index (χ1) is 10.3. The minimum Gasteiger partial charge on any atom is -0.382 e. The molecule has 1 aromatic rings. The molecule has 116 valence electrons. The standard InChI is InChI=1S/C18H28N2O/c1-2-6-18-14-16(9-12-21-18)19-15-7-5-8-17(13-15)20-10-3-4-11-20/h5,7-8,13,16,18-19H,2-4,6,9-12,14H2,1H3. The van der Waals surface area contributed by atoms with Gasteiger partial charge >= 0.3 is 0 Å². The maximum Gasteiger partial charge on any atom is 0.0594 e. The van der Waals surface area contributed by atoms with Crippen molar-refractivity contribution in [2.75, 3.05) is 29.9 Å². The monoisotopic (exact) mass is 288 g/mol. The van der Waals surface area contributed by atoms with Crippen LogP contribution in [0.4, 0.5) is 11.4 Å². The maximum absolute atomic E-state index is 5.84. The van der Waals surface area contributed by atoms with E-state index in [1.54, 1.807) is 0 Å². The third-order valence-corrected chi connectivity index (χ3v) is 4.67. The minimum absolute atomic E-state index is 0.447. The lowest BCUT2D eigenvalue weighted by molar-refractivity contribution is 0.00598. The molecular weight excluding hydrogens is 260 g/mol. The third kappa shape index (κ3) is 3.91. The van der Waals surface area contributed by atoms with Crippen LogP contribution in [-0.4, -0.2) is 31.8 Å². The van der Waals surface area contributed by atoms with Gasteiger partial charge in [0.1, 0.15) is 0 Å². The number of anilines is 2. The topological polar surface area (TPSA) is 24.5 Å². The highest BCUT2D eigenvalue weighted by atomic mass is 16.5. The molecule has 1 aromatic carbocycles. The van der Waals surface area contributed by atoms with Gasteiger partial charge in [-0.05, 0) is 50.3 Å². The van der Waals surface area contributed by atoms with Crippen LogP contribution >= 0.6 is 0 Å². The highest BCUT2D eigenvalue weighted by Crippen LogP contribution is 2.26. The van der Waals surface area contributed by atoms with Crippen LogP contribution in [0.3, 0.4) is 0 Å². The van der Waals surface area contributed by atoms with Gasteiger partial charge in [-0.3, -0.25) is 0 Å². The Morgan fingerprint density at radius 1 is 1.29 bits per heavy atom. The third-order valence-electron chi connectivity index (χ3n) is 4.67. The Bertz CT molecular complexity index is 441. The predicted molar refractivity (Wildman–Crippen MR) is 89.2 cm³/mol. The van der Waals surface area contributed by atoms with Gasteiger partial charge in [0.2, 0.25) is 0 Å². The largest absolute Gasteiger partial charge is 0.382 e. The van der Waals surface area contributed by atoms with Crippen molar-refractivity contribution in [2.24, 2.45) is 0 Å². The molecule has 2 aliphatic heterocycles. The molecule has 0 spiro atoms. The smallest absolute Gasteiger partial charge is 0.0594 e. The zero-order valence-corrected chi connectivity index (χ0v) is 13.2. The van der Waals surface area contributed by atoms with E-state index in [9.17, 15) is 0 Å².